The summed E-state index contributed by atoms with van der Waals surface area (Å²) in [5, 5.41) is 16.7. The lowest BCUT2D eigenvalue weighted by Gasteiger charge is -2.31. The molecule has 7 nitrogen and oxygen atoms in total. The first kappa shape index (κ1) is 27.4. The van der Waals surface area contributed by atoms with Crippen molar-refractivity contribution in [3.63, 3.8) is 0 Å². The smallest absolute Gasteiger partial charge is 0.319 e. The minimum Gasteiger partial charge on any atom is -0.508 e. The molecule has 0 amide bonds. The number of halogens is 2. The number of nitrogens with zero attached hydrogens (tertiary/aromatic N) is 4. The number of nitrogens with one attached hydrogen (secondary N) is 1. The highest BCUT2D eigenvalue weighted by molar-refractivity contribution is 6.35. The van der Waals surface area contributed by atoms with E-state index >= 15 is 4.39 Å². The van der Waals surface area contributed by atoms with Crippen molar-refractivity contribution in [1.82, 2.24) is 20.2 Å². The quantitative estimate of drug-likeness (QED) is 0.269. The van der Waals surface area contributed by atoms with Gasteiger partial charge in [-0.05, 0) is 85.5 Å². The van der Waals surface area contributed by atoms with Crippen molar-refractivity contribution >= 4 is 39.1 Å². The van der Waals surface area contributed by atoms with Gasteiger partial charge in [0.15, 0.2) is 5.82 Å². The molecule has 1 aromatic heterocycles. The van der Waals surface area contributed by atoms with E-state index in [1.807, 2.05) is 24.3 Å². The molecule has 4 aliphatic heterocycles. The molecule has 4 atom stereocenters. The van der Waals surface area contributed by atoms with E-state index in [0.717, 1.165) is 69.1 Å². The summed E-state index contributed by atoms with van der Waals surface area (Å²) < 4.78 is 23.3. The van der Waals surface area contributed by atoms with Crippen molar-refractivity contribution in [3.8, 4) is 22.9 Å². The van der Waals surface area contributed by atoms with Gasteiger partial charge in [-0.25, -0.2) is 4.39 Å². The Morgan fingerprint density at radius 1 is 1.07 bits per heavy atom. The highest BCUT2D eigenvalue weighted by atomic mass is 35.5. The molecule has 3 aromatic carbocycles. The molecule has 43 heavy (non-hydrogen) atoms. The average Bonchev–Trinajstić information content (AvgIpc) is 3.62. The van der Waals surface area contributed by atoms with Crippen molar-refractivity contribution in [3.05, 3.63) is 53.3 Å². The summed E-state index contributed by atoms with van der Waals surface area (Å²) in [6, 6.07) is 13.7. The zero-order valence-electron chi connectivity index (χ0n) is 24.5. The highest BCUT2D eigenvalue weighted by Gasteiger charge is 2.48. The third kappa shape index (κ3) is 4.69. The first-order chi connectivity index (χ1) is 20.9. The third-order valence-electron chi connectivity index (χ3n) is 10.3. The molecular formula is C34H37ClFN5O2. The number of aromatic hydroxyl groups is 1. The van der Waals surface area contributed by atoms with Gasteiger partial charge < -0.3 is 20.1 Å². The molecule has 0 unspecified atom stereocenters. The molecular weight excluding hydrogens is 565 g/mol. The van der Waals surface area contributed by atoms with Crippen LogP contribution in [0.3, 0.4) is 0 Å². The van der Waals surface area contributed by atoms with Crippen molar-refractivity contribution in [1.29, 1.82) is 0 Å². The standard InChI is InChI=1S/C34H37ClFN5O2/c1-20-16-34(10-4-11-41(34)17-20)19-43-33-38-31-27(32(39-33)40-12-9-22-7-8-23(18-40)37-22)15-28(35)29(30(31)36)26-14-24(42)13-21-5-2-3-6-25(21)26/h2-3,5-6,13-15,20,22-23,37,42H,4,7-12,16-19H2,1H3/t20-,22+,23-,34+/m0/s1. The van der Waals surface area contributed by atoms with E-state index in [1.165, 1.54) is 6.42 Å². The van der Waals surface area contributed by atoms with Crippen LogP contribution in [0.15, 0.2) is 42.5 Å². The molecule has 9 heteroatoms. The first-order valence-electron chi connectivity index (χ1n) is 15.7. The Morgan fingerprint density at radius 2 is 1.93 bits per heavy atom. The monoisotopic (exact) mass is 601 g/mol. The normalized spacial score (nSPS) is 27.2. The van der Waals surface area contributed by atoms with E-state index < -0.39 is 5.82 Å². The predicted molar refractivity (Wildman–Crippen MR) is 169 cm³/mol. The van der Waals surface area contributed by atoms with Gasteiger partial charge in [0.05, 0.1) is 10.6 Å². The molecule has 2 bridgehead atoms. The van der Waals surface area contributed by atoms with Crippen molar-refractivity contribution in [2.45, 2.75) is 63.1 Å². The number of aromatic nitrogens is 2. The lowest BCUT2D eigenvalue weighted by molar-refractivity contribution is 0.107. The van der Waals surface area contributed by atoms with E-state index in [9.17, 15) is 5.11 Å². The second-order valence-electron chi connectivity index (χ2n) is 13.2. The second kappa shape index (κ2) is 10.5. The molecule has 0 saturated carbocycles. The number of phenols is 1. The fraction of sp³-hybridized carbons (Fsp3) is 0.471. The number of anilines is 1. The molecule has 4 saturated heterocycles. The lowest BCUT2D eigenvalue weighted by Crippen LogP contribution is -2.43. The Kier molecular flexibility index (Phi) is 6.65. The van der Waals surface area contributed by atoms with E-state index in [4.69, 9.17) is 26.3 Å². The predicted octanol–water partition coefficient (Wildman–Crippen LogP) is 6.53. The second-order valence-corrected chi connectivity index (χ2v) is 13.6. The van der Waals surface area contributed by atoms with Gasteiger partial charge in [0.1, 0.15) is 23.7 Å². The zero-order chi connectivity index (χ0) is 29.3. The Hall–Kier alpha value is -3.20. The van der Waals surface area contributed by atoms with E-state index in [1.54, 1.807) is 18.2 Å². The van der Waals surface area contributed by atoms with Gasteiger partial charge in [-0.1, -0.05) is 42.8 Å². The SMILES string of the molecule is C[C@@H]1CN2CCC[C@]2(COc2nc(N3CC[C@H]4CC[C@@H](C3)N4)c3cc(Cl)c(-c4cc(O)cc5ccccc45)c(F)c3n2)C1. The number of rotatable bonds is 5. The van der Waals surface area contributed by atoms with Crippen LogP contribution in [-0.4, -0.2) is 70.4 Å². The van der Waals surface area contributed by atoms with Gasteiger partial charge in [-0.3, -0.25) is 4.90 Å². The molecule has 4 aromatic rings. The Morgan fingerprint density at radius 3 is 2.84 bits per heavy atom. The molecule has 2 N–H and O–H groups in total. The summed E-state index contributed by atoms with van der Waals surface area (Å²) in [4.78, 5) is 14.5. The van der Waals surface area contributed by atoms with Crippen LogP contribution in [-0.2, 0) is 0 Å². The number of benzene rings is 3. The van der Waals surface area contributed by atoms with Crippen LogP contribution in [0, 0.1) is 11.7 Å². The maximum Gasteiger partial charge on any atom is 0.319 e. The van der Waals surface area contributed by atoms with Crippen molar-refractivity contribution in [2.75, 3.05) is 37.7 Å². The van der Waals surface area contributed by atoms with Crippen LogP contribution < -0.4 is 15.0 Å². The maximum atomic E-state index is 16.9. The molecule has 0 radical (unpaired) electrons. The van der Waals surface area contributed by atoms with Gasteiger partial charge in [0.25, 0.3) is 0 Å². The lowest BCUT2D eigenvalue weighted by atomic mass is 9.92. The molecule has 4 aliphatic rings. The van der Waals surface area contributed by atoms with E-state index in [2.05, 4.69) is 22.0 Å². The number of phenolic OH excluding ortho intramolecular Hbond substituents is 1. The van der Waals surface area contributed by atoms with Crippen LogP contribution in [0.25, 0.3) is 32.8 Å². The molecule has 0 aliphatic carbocycles. The Balaban J connectivity index is 1.27. The van der Waals surface area contributed by atoms with Gasteiger partial charge in [-0.2, -0.15) is 9.97 Å². The van der Waals surface area contributed by atoms with E-state index in [0.29, 0.717) is 41.4 Å². The molecule has 0 spiro atoms. The molecule has 224 valence electrons. The number of hydrogen-bond donors (Lipinski definition) is 2. The van der Waals surface area contributed by atoms with Crippen LogP contribution in [0.5, 0.6) is 11.8 Å². The summed E-state index contributed by atoms with van der Waals surface area (Å²) in [7, 11) is 0. The van der Waals surface area contributed by atoms with Crippen molar-refractivity contribution < 1.29 is 14.2 Å². The minimum atomic E-state index is -0.531. The fourth-order valence-electron chi connectivity index (χ4n) is 8.37. The van der Waals surface area contributed by atoms with Crippen LogP contribution in [0.1, 0.15) is 45.4 Å². The molecule has 8 rings (SSSR count). The topological polar surface area (TPSA) is 73.8 Å². The summed E-state index contributed by atoms with van der Waals surface area (Å²) in [5.74, 6) is 0.811. The minimum absolute atomic E-state index is 0.00620. The highest BCUT2D eigenvalue weighted by Crippen LogP contribution is 2.44. The van der Waals surface area contributed by atoms with Gasteiger partial charge in [0, 0.05) is 42.7 Å². The summed E-state index contributed by atoms with van der Waals surface area (Å²) in [6.07, 6.45) is 6.66. The van der Waals surface area contributed by atoms with Crippen LogP contribution >= 0.6 is 11.6 Å². The number of hydrogen-bond acceptors (Lipinski definition) is 7. The van der Waals surface area contributed by atoms with Gasteiger partial charge >= 0.3 is 6.01 Å². The largest absolute Gasteiger partial charge is 0.508 e. The maximum absolute atomic E-state index is 16.9. The molecule has 5 heterocycles. The van der Waals surface area contributed by atoms with E-state index in [-0.39, 0.29) is 33.4 Å². The third-order valence-corrected chi connectivity index (χ3v) is 10.6. The van der Waals surface area contributed by atoms with Crippen LogP contribution in [0.2, 0.25) is 5.02 Å². The first-order valence-corrected chi connectivity index (χ1v) is 16.1. The van der Waals surface area contributed by atoms with Crippen molar-refractivity contribution in [2.24, 2.45) is 5.92 Å². The molecule has 4 fully saturated rings. The number of fused-ring (bicyclic) bond motifs is 5. The number of ether oxygens (including phenoxy) is 1. The average molecular weight is 602 g/mol. The summed E-state index contributed by atoms with van der Waals surface area (Å²) >= 11 is 6.92. The Labute approximate surface area is 256 Å². The zero-order valence-corrected chi connectivity index (χ0v) is 25.2. The van der Waals surface area contributed by atoms with Gasteiger partial charge in [0.2, 0.25) is 0 Å². The Bertz CT molecular complexity index is 1730. The summed E-state index contributed by atoms with van der Waals surface area (Å²) in [5.41, 5.74) is 0.932. The fourth-order valence-corrected chi connectivity index (χ4v) is 8.66. The van der Waals surface area contributed by atoms with Crippen LogP contribution in [0.4, 0.5) is 10.2 Å². The summed E-state index contributed by atoms with van der Waals surface area (Å²) in [6.45, 7) is 6.58. The van der Waals surface area contributed by atoms with Gasteiger partial charge in [-0.15, -0.1) is 0 Å².